The molecule has 0 aliphatic heterocycles. The Hall–Kier alpha value is -1.09. The van der Waals surface area contributed by atoms with E-state index in [4.69, 9.17) is 10.2 Å². The summed E-state index contributed by atoms with van der Waals surface area (Å²) >= 11 is 0. The Morgan fingerprint density at radius 2 is 1.65 bits per heavy atom. The minimum atomic E-state index is -4.47. The zero-order chi connectivity index (χ0) is 13.1. The summed E-state index contributed by atoms with van der Waals surface area (Å²) in [5.41, 5.74) is 0. The third-order valence-electron chi connectivity index (χ3n) is 1.95. The summed E-state index contributed by atoms with van der Waals surface area (Å²) in [6, 6.07) is 1.41. The average Bonchev–Trinajstić information content (AvgIpc) is 2.25. The fraction of sp³-hybridized carbons (Fsp3) is 0.333. The maximum Gasteiger partial charge on any atom is 0.246 e. The smallest absolute Gasteiger partial charge is 0.246 e. The number of hydrogen-bond acceptors (Lipinski definition) is 4. The SMILES string of the molecule is O=S(=O)(NC(CO)CO)c1c(F)cccc1F. The lowest BCUT2D eigenvalue weighted by Crippen LogP contribution is -2.40. The van der Waals surface area contributed by atoms with Gasteiger partial charge in [-0.2, -0.15) is 0 Å². The van der Waals surface area contributed by atoms with Crippen LogP contribution in [0.15, 0.2) is 23.1 Å². The number of hydrogen-bond donors (Lipinski definition) is 3. The Morgan fingerprint density at radius 3 is 2.06 bits per heavy atom. The van der Waals surface area contributed by atoms with Gasteiger partial charge in [-0.05, 0) is 12.1 Å². The minimum absolute atomic E-state index is 0.689. The monoisotopic (exact) mass is 267 g/mol. The summed E-state index contributed by atoms with van der Waals surface area (Å²) in [4.78, 5) is -1.13. The molecule has 17 heavy (non-hydrogen) atoms. The van der Waals surface area contributed by atoms with Crippen LogP contribution in [0.5, 0.6) is 0 Å². The summed E-state index contributed by atoms with van der Waals surface area (Å²) in [6.07, 6.45) is 0. The van der Waals surface area contributed by atoms with Crippen molar-refractivity contribution in [1.29, 1.82) is 0 Å². The van der Waals surface area contributed by atoms with Crippen molar-refractivity contribution in [2.75, 3.05) is 13.2 Å². The van der Waals surface area contributed by atoms with Crippen LogP contribution >= 0.6 is 0 Å². The molecule has 0 bridgehead atoms. The molecule has 0 saturated carbocycles. The van der Waals surface area contributed by atoms with Gasteiger partial charge < -0.3 is 10.2 Å². The van der Waals surface area contributed by atoms with Gasteiger partial charge >= 0.3 is 0 Å². The second-order valence-electron chi connectivity index (χ2n) is 3.23. The molecule has 0 aliphatic rings. The third kappa shape index (κ3) is 3.19. The number of aliphatic hydroxyl groups excluding tert-OH is 2. The van der Waals surface area contributed by atoms with Crippen LogP contribution in [-0.2, 0) is 10.0 Å². The molecule has 0 heterocycles. The molecular formula is C9H11F2NO4S. The normalized spacial score (nSPS) is 12.1. The molecular weight excluding hydrogens is 256 g/mol. The largest absolute Gasteiger partial charge is 0.395 e. The van der Waals surface area contributed by atoms with E-state index in [9.17, 15) is 17.2 Å². The van der Waals surface area contributed by atoms with Gasteiger partial charge in [0, 0.05) is 0 Å². The first-order valence-electron chi connectivity index (χ1n) is 4.60. The van der Waals surface area contributed by atoms with Gasteiger partial charge in [0.15, 0.2) is 4.90 Å². The van der Waals surface area contributed by atoms with Crippen LogP contribution < -0.4 is 4.72 Å². The lowest BCUT2D eigenvalue weighted by Gasteiger charge is -2.14. The zero-order valence-electron chi connectivity index (χ0n) is 8.60. The molecule has 1 aromatic carbocycles. The van der Waals surface area contributed by atoms with Crippen LogP contribution in [0.1, 0.15) is 0 Å². The van der Waals surface area contributed by atoms with Gasteiger partial charge in [0.2, 0.25) is 10.0 Å². The minimum Gasteiger partial charge on any atom is -0.395 e. The van der Waals surface area contributed by atoms with E-state index in [1.165, 1.54) is 0 Å². The second-order valence-corrected chi connectivity index (χ2v) is 4.88. The first-order chi connectivity index (χ1) is 7.92. The summed E-state index contributed by atoms with van der Waals surface area (Å²) < 4.78 is 51.4. The molecule has 0 radical (unpaired) electrons. The van der Waals surface area contributed by atoms with Crippen molar-refractivity contribution in [2.45, 2.75) is 10.9 Å². The number of sulfonamides is 1. The number of benzene rings is 1. The number of aliphatic hydroxyl groups is 2. The summed E-state index contributed by atoms with van der Waals surface area (Å²) in [7, 11) is -4.47. The van der Waals surface area contributed by atoms with Crippen molar-refractivity contribution in [3.8, 4) is 0 Å². The van der Waals surface area contributed by atoms with Crippen LogP contribution in [0.4, 0.5) is 8.78 Å². The predicted molar refractivity (Wildman–Crippen MR) is 54.6 cm³/mol. The van der Waals surface area contributed by atoms with Crippen molar-refractivity contribution < 1.29 is 27.4 Å². The molecule has 0 saturated heterocycles. The van der Waals surface area contributed by atoms with Crippen LogP contribution in [0.25, 0.3) is 0 Å². The molecule has 0 aliphatic carbocycles. The molecule has 1 aromatic rings. The fourth-order valence-corrected chi connectivity index (χ4v) is 2.51. The highest BCUT2D eigenvalue weighted by molar-refractivity contribution is 7.89. The fourth-order valence-electron chi connectivity index (χ4n) is 1.15. The quantitative estimate of drug-likeness (QED) is 0.677. The Morgan fingerprint density at radius 1 is 1.18 bits per heavy atom. The maximum absolute atomic E-state index is 13.2. The highest BCUT2D eigenvalue weighted by atomic mass is 32.2. The molecule has 5 nitrogen and oxygen atoms in total. The molecule has 0 aromatic heterocycles. The predicted octanol–water partition coefficient (Wildman–Crippen LogP) is -0.404. The van der Waals surface area contributed by atoms with E-state index in [0.29, 0.717) is 0 Å². The number of nitrogens with one attached hydrogen (secondary N) is 1. The van der Waals surface area contributed by atoms with Gasteiger partial charge in [0.05, 0.1) is 19.3 Å². The molecule has 0 amide bonds. The highest BCUT2D eigenvalue weighted by Gasteiger charge is 2.26. The van der Waals surface area contributed by atoms with Gasteiger partial charge in [0.1, 0.15) is 11.6 Å². The van der Waals surface area contributed by atoms with E-state index in [2.05, 4.69) is 0 Å². The van der Waals surface area contributed by atoms with Gasteiger partial charge in [0.25, 0.3) is 0 Å². The number of rotatable bonds is 5. The molecule has 3 N–H and O–H groups in total. The van der Waals surface area contributed by atoms with Gasteiger partial charge in [-0.15, -0.1) is 0 Å². The molecule has 8 heteroatoms. The molecule has 0 fully saturated rings. The lowest BCUT2D eigenvalue weighted by molar-refractivity contribution is 0.184. The van der Waals surface area contributed by atoms with Crippen molar-refractivity contribution in [2.24, 2.45) is 0 Å². The summed E-state index contributed by atoms with van der Waals surface area (Å²) in [5, 5.41) is 17.4. The standard InChI is InChI=1S/C9H11F2NO4S/c10-7-2-1-3-8(11)9(7)17(15,16)12-6(4-13)5-14/h1-3,6,12-14H,4-5H2. The summed E-state index contributed by atoms with van der Waals surface area (Å²) in [5.74, 6) is -2.49. The Labute approximate surface area is 96.8 Å². The van der Waals surface area contributed by atoms with E-state index >= 15 is 0 Å². The molecule has 1 rings (SSSR count). The van der Waals surface area contributed by atoms with E-state index in [-0.39, 0.29) is 0 Å². The van der Waals surface area contributed by atoms with Crippen LogP contribution in [0.2, 0.25) is 0 Å². The maximum atomic E-state index is 13.2. The first-order valence-corrected chi connectivity index (χ1v) is 6.08. The van der Waals surface area contributed by atoms with E-state index in [1.54, 1.807) is 4.72 Å². The van der Waals surface area contributed by atoms with Crippen LogP contribution in [-0.4, -0.2) is 37.9 Å². The van der Waals surface area contributed by atoms with Gasteiger partial charge in [-0.25, -0.2) is 21.9 Å². The van der Waals surface area contributed by atoms with E-state index in [1.807, 2.05) is 0 Å². The Bertz CT molecular complexity index is 468. The van der Waals surface area contributed by atoms with Gasteiger partial charge in [-0.1, -0.05) is 6.07 Å². The van der Waals surface area contributed by atoms with Crippen molar-refractivity contribution in [1.82, 2.24) is 4.72 Å². The van der Waals surface area contributed by atoms with E-state index in [0.717, 1.165) is 18.2 Å². The topological polar surface area (TPSA) is 86.6 Å². The van der Waals surface area contributed by atoms with Crippen molar-refractivity contribution in [3.63, 3.8) is 0 Å². The molecule has 0 unspecified atom stereocenters. The third-order valence-corrected chi connectivity index (χ3v) is 3.52. The van der Waals surface area contributed by atoms with Crippen LogP contribution in [0.3, 0.4) is 0 Å². The molecule has 0 spiro atoms. The summed E-state index contributed by atoms with van der Waals surface area (Å²) in [6.45, 7) is -1.38. The first kappa shape index (κ1) is 14.0. The lowest BCUT2D eigenvalue weighted by atomic mass is 10.3. The van der Waals surface area contributed by atoms with E-state index < -0.39 is 45.8 Å². The average molecular weight is 267 g/mol. The Kier molecular flexibility index (Phi) is 4.52. The highest BCUT2D eigenvalue weighted by Crippen LogP contribution is 2.18. The van der Waals surface area contributed by atoms with Crippen molar-refractivity contribution >= 4 is 10.0 Å². The van der Waals surface area contributed by atoms with Crippen molar-refractivity contribution in [3.05, 3.63) is 29.8 Å². The zero-order valence-corrected chi connectivity index (χ0v) is 9.42. The van der Waals surface area contributed by atoms with Gasteiger partial charge in [-0.3, -0.25) is 0 Å². The number of halogens is 2. The second kappa shape index (κ2) is 5.50. The van der Waals surface area contributed by atoms with Crippen LogP contribution in [0, 0.1) is 11.6 Å². The molecule has 0 atom stereocenters. The molecule has 96 valence electrons. The Balaban J connectivity index is 3.14.